The number of rotatable bonds is 8. The van der Waals surface area contributed by atoms with Crippen LogP contribution in [0.1, 0.15) is 29.6 Å². The number of benzene rings is 1. The Bertz CT molecular complexity index is 886. The first-order valence-corrected chi connectivity index (χ1v) is 9.04. The van der Waals surface area contributed by atoms with Gasteiger partial charge in [0.2, 0.25) is 18.0 Å². The molecular formula is C20H23NO7. The van der Waals surface area contributed by atoms with E-state index in [0.29, 0.717) is 6.42 Å². The van der Waals surface area contributed by atoms with E-state index in [-0.39, 0.29) is 44.0 Å². The van der Waals surface area contributed by atoms with Gasteiger partial charge in [-0.1, -0.05) is 18.2 Å². The van der Waals surface area contributed by atoms with Crippen molar-refractivity contribution in [2.45, 2.75) is 25.6 Å². The highest BCUT2D eigenvalue weighted by atomic mass is 16.7. The number of aliphatic carboxylic acids is 1. The number of aliphatic hydroxyl groups is 1. The number of ether oxygens (including phenoxy) is 3. The van der Waals surface area contributed by atoms with Gasteiger partial charge in [-0.05, 0) is 17.7 Å². The molecule has 0 radical (unpaired) electrons. The third kappa shape index (κ3) is 4.41. The number of carboxylic acid groups (broad SMARTS) is 1. The molecule has 1 aliphatic rings. The lowest BCUT2D eigenvalue weighted by Crippen LogP contribution is -2.28. The minimum Gasteiger partial charge on any atom is -0.475 e. The quantitative estimate of drug-likeness (QED) is 0.666. The van der Waals surface area contributed by atoms with Crippen LogP contribution in [0.15, 0.2) is 42.3 Å². The molecule has 28 heavy (non-hydrogen) atoms. The molecule has 0 fully saturated rings. The Hall–Kier alpha value is -2.68. The van der Waals surface area contributed by atoms with E-state index < -0.39 is 12.3 Å². The maximum absolute atomic E-state index is 12.0. The second-order valence-electron chi connectivity index (χ2n) is 6.42. The number of para-hydroxylation sites is 1. The van der Waals surface area contributed by atoms with Crippen molar-refractivity contribution in [3.8, 4) is 0 Å². The second kappa shape index (κ2) is 9.01. The zero-order valence-corrected chi connectivity index (χ0v) is 15.5. The molecule has 0 amide bonds. The van der Waals surface area contributed by atoms with E-state index in [0.717, 1.165) is 16.5 Å². The Balaban J connectivity index is 1.85. The third-order valence-electron chi connectivity index (χ3n) is 4.52. The summed E-state index contributed by atoms with van der Waals surface area (Å²) in [4.78, 5) is 23.5. The van der Waals surface area contributed by atoms with E-state index in [1.165, 1.54) is 6.92 Å². The molecule has 0 saturated heterocycles. The minimum atomic E-state index is -1.18. The van der Waals surface area contributed by atoms with E-state index in [4.69, 9.17) is 19.3 Å². The molecular weight excluding hydrogens is 366 g/mol. The minimum absolute atomic E-state index is 0.0753. The third-order valence-corrected chi connectivity index (χ3v) is 4.52. The number of carbonyl (C=O) groups is 2. The van der Waals surface area contributed by atoms with Gasteiger partial charge in [0.15, 0.2) is 0 Å². The van der Waals surface area contributed by atoms with Gasteiger partial charge in [0.05, 0.1) is 31.9 Å². The topological polar surface area (TPSA) is 107 Å². The lowest BCUT2D eigenvalue weighted by atomic mass is 9.92. The highest BCUT2D eigenvalue weighted by Crippen LogP contribution is 2.36. The molecule has 8 heteroatoms. The van der Waals surface area contributed by atoms with Crippen LogP contribution in [0.4, 0.5) is 0 Å². The van der Waals surface area contributed by atoms with Crippen LogP contribution in [0.2, 0.25) is 0 Å². The van der Waals surface area contributed by atoms with Crippen molar-refractivity contribution in [1.29, 1.82) is 0 Å². The SMILES string of the molecule is CC(=O)n1cc(C2C=C(C(=O)O)OC(OCCOCCO)C2)c2ccccc21. The fourth-order valence-corrected chi connectivity index (χ4v) is 3.29. The van der Waals surface area contributed by atoms with E-state index in [1.54, 1.807) is 16.8 Å². The summed E-state index contributed by atoms with van der Waals surface area (Å²) in [7, 11) is 0. The first-order chi connectivity index (χ1) is 13.5. The van der Waals surface area contributed by atoms with Gasteiger partial charge in [0.1, 0.15) is 0 Å². The van der Waals surface area contributed by atoms with Crippen LogP contribution in [0.3, 0.4) is 0 Å². The molecule has 2 N–H and O–H groups in total. The zero-order valence-electron chi connectivity index (χ0n) is 15.5. The number of hydrogen-bond acceptors (Lipinski definition) is 6. The Labute approximate surface area is 161 Å². The monoisotopic (exact) mass is 389 g/mol. The van der Waals surface area contributed by atoms with Gasteiger partial charge in [-0.15, -0.1) is 0 Å². The molecule has 0 aliphatic carbocycles. The average Bonchev–Trinajstić information content (AvgIpc) is 3.07. The standard InChI is InChI=1S/C20H23NO7/c1-13(23)21-12-16(15-4-2-3-5-17(15)21)14-10-18(20(24)25)28-19(11-14)27-9-8-26-7-6-22/h2-5,10,12,14,19,22H,6-9,11H2,1H3,(H,24,25). The maximum atomic E-state index is 12.0. The summed E-state index contributed by atoms with van der Waals surface area (Å²) in [5.74, 6) is -1.76. The summed E-state index contributed by atoms with van der Waals surface area (Å²) in [6.07, 6.45) is 2.96. The summed E-state index contributed by atoms with van der Waals surface area (Å²) in [5, 5.41) is 19.0. The van der Waals surface area contributed by atoms with E-state index in [9.17, 15) is 14.7 Å². The van der Waals surface area contributed by atoms with E-state index >= 15 is 0 Å². The van der Waals surface area contributed by atoms with Gasteiger partial charge in [-0.25, -0.2) is 4.79 Å². The van der Waals surface area contributed by atoms with Crippen molar-refractivity contribution in [3.05, 3.63) is 47.9 Å². The number of allylic oxidation sites excluding steroid dienone is 1. The molecule has 1 aliphatic heterocycles. The smallest absolute Gasteiger partial charge is 0.370 e. The molecule has 150 valence electrons. The van der Waals surface area contributed by atoms with E-state index in [2.05, 4.69) is 0 Å². The van der Waals surface area contributed by atoms with Crippen molar-refractivity contribution in [2.24, 2.45) is 0 Å². The lowest BCUT2D eigenvalue weighted by Gasteiger charge is -2.28. The van der Waals surface area contributed by atoms with Crippen molar-refractivity contribution in [2.75, 3.05) is 26.4 Å². The van der Waals surface area contributed by atoms with Crippen LogP contribution >= 0.6 is 0 Å². The molecule has 3 rings (SSSR count). The maximum Gasteiger partial charge on any atom is 0.370 e. The molecule has 2 heterocycles. The molecule has 0 spiro atoms. The summed E-state index contributed by atoms with van der Waals surface area (Å²) in [5.41, 5.74) is 1.62. The molecule has 1 aromatic heterocycles. The largest absolute Gasteiger partial charge is 0.475 e. The normalized spacial score (nSPS) is 19.3. The molecule has 0 bridgehead atoms. The predicted octanol–water partition coefficient (Wildman–Crippen LogP) is 2.13. The van der Waals surface area contributed by atoms with Gasteiger partial charge in [0, 0.05) is 30.8 Å². The van der Waals surface area contributed by atoms with Gasteiger partial charge in [-0.3, -0.25) is 9.36 Å². The van der Waals surface area contributed by atoms with Gasteiger partial charge >= 0.3 is 5.97 Å². The Morgan fingerprint density at radius 2 is 2.04 bits per heavy atom. The lowest BCUT2D eigenvalue weighted by molar-refractivity contribution is -0.160. The van der Waals surface area contributed by atoms with Gasteiger partial charge in [-0.2, -0.15) is 0 Å². The molecule has 8 nitrogen and oxygen atoms in total. The van der Waals surface area contributed by atoms with Crippen molar-refractivity contribution in [3.63, 3.8) is 0 Å². The molecule has 2 aromatic rings. The summed E-state index contributed by atoms with van der Waals surface area (Å²) >= 11 is 0. The predicted molar refractivity (Wildman–Crippen MR) is 100 cm³/mol. The molecule has 2 atom stereocenters. The van der Waals surface area contributed by atoms with Crippen LogP contribution < -0.4 is 0 Å². The number of aromatic nitrogens is 1. The Kier molecular flexibility index (Phi) is 6.45. The average molecular weight is 389 g/mol. The zero-order chi connectivity index (χ0) is 20.1. The number of carbonyl (C=O) groups excluding carboxylic acids is 1. The summed E-state index contributed by atoms with van der Waals surface area (Å²) in [6, 6.07) is 7.50. The Morgan fingerprint density at radius 3 is 2.75 bits per heavy atom. The van der Waals surface area contributed by atoms with E-state index in [1.807, 2.05) is 24.3 Å². The van der Waals surface area contributed by atoms with Crippen LogP contribution in [-0.2, 0) is 19.0 Å². The van der Waals surface area contributed by atoms with Crippen molar-refractivity contribution < 1.29 is 34.0 Å². The van der Waals surface area contributed by atoms with Crippen LogP contribution in [0.5, 0.6) is 0 Å². The summed E-state index contributed by atoms with van der Waals surface area (Å²) in [6.45, 7) is 2.09. The van der Waals surface area contributed by atoms with Crippen LogP contribution in [-0.4, -0.2) is 59.4 Å². The van der Waals surface area contributed by atoms with Gasteiger partial charge < -0.3 is 24.4 Å². The van der Waals surface area contributed by atoms with Gasteiger partial charge in [0.25, 0.3) is 0 Å². The molecule has 0 saturated carbocycles. The first-order valence-electron chi connectivity index (χ1n) is 9.04. The number of nitrogens with zero attached hydrogens (tertiary/aromatic N) is 1. The fourth-order valence-electron chi connectivity index (χ4n) is 3.29. The Morgan fingerprint density at radius 1 is 1.25 bits per heavy atom. The van der Waals surface area contributed by atoms with Crippen LogP contribution in [0, 0.1) is 0 Å². The highest BCUT2D eigenvalue weighted by Gasteiger charge is 2.30. The van der Waals surface area contributed by atoms with Crippen LogP contribution in [0.25, 0.3) is 10.9 Å². The number of fused-ring (bicyclic) bond motifs is 1. The first kappa shape index (κ1) is 20.1. The summed E-state index contributed by atoms with van der Waals surface area (Å²) < 4.78 is 17.8. The highest BCUT2D eigenvalue weighted by molar-refractivity contribution is 5.94. The number of carboxylic acids is 1. The fraction of sp³-hybridized carbons (Fsp3) is 0.400. The molecule has 2 unspecified atom stereocenters. The molecule has 1 aromatic carbocycles. The van der Waals surface area contributed by atoms with Crippen molar-refractivity contribution in [1.82, 2.24) is 4.57 Å². The number of aliphatic hydroxyl groups excluding tert-OH is 1. The second-order valence-corrected chi connectivity index (χ2v) is 6.42. The number of hydrogen-bond donors (Lipinski definition) is 2. The van der Waals surface area contributed by atoms with Crippen molar-refractivity contribution >= 4 is 22.8 Å².